The van der Waals surface area contributed by atoms with Crippen molar-refractivity contribution in [2.45, 2.75) is 0 Å². The summed E-state index contributed by atoms with van der Waals surface area (Å²) in [5, 5.41) is 8.55. The maximum Gasteiger partial charge on any atom is 0.177 e. The molecule has 0 bridgehead atoms. The van der Waals surface area contributed by atoms with Gasteiger partial charge in [0.1, 0.15) is 6.07 Å². The van der Waals surface area contributed by atoms with E-state index in [0.29, 0.717) is 5.56 Å². The molecule has 0 aromatic heterocycles. The lowest BCUT2D eigenvalue weighted by atomic mass is 10.0. The van der Waals surface area contributed by atoms with E-state index in [-0.39, 0.29) is 11.1 Å². The van der Waals surface area contributed by atoms with E-state index in [0.717, 1.165) is 0 Å². The molecule has 16 heavy (non-hydrogen) atoms. The second-order valence-corrected chi connectivity index (χ2v) is 3.27. The lowest BCUT2D eigenvalue weighted by Crippen LogP contribution is -1.93. The quantitative estimate of drug-likeness (QED) is 0.714. The lowest BCUT2D eigenvalue weighted by molar-refractivity contribution is 0.509. The molecular weight excluding hydrogens is 208 g/mol. The summed E-state index contributed by atoms with van der Waals surface area (Å²) in [6, 6.07) is 12.9. The summed E-state index contributed by atoms with van der Waals surface area (Å²) in [6.07, 6.45) is 0. The number of nitrogens with zero attached hydrogens (tertiary/aromatic N) is 1. The number of hydrogen-bond donors (Lipinski definition) is 0. The topological polar surface area (TPSA) is 23.8 Å². The van der Waals surface area contributed by atoms with E-state index >= 15 is 0 Å². The van der Waals surface area contributed by atoms with Gasteiger partial charge in [-0.1, -0.05) is 30.3 Å². The van der Waals surface area contributed by atoms with Gasteiger partial charge in [0, 0.05) is 5.56 Å². The fourth-order valence-corrected chi connectivity index (χ4v) is 1.48. The number of halogens is 2. The Morgan fingerprint density at radius 1 is 0.875 bits per heavy atom. The predicted molar refractivity (Wildman–Crippen MR) is 56.5 cm³/mol. The van der Waals surface area contributed by atoms with Gasteiger partial charge in [-0.3, -0.25) is 0 Å². The molecule has 0 heterocycles. The lowest BCUT2D eigenvalue weighted by Gasteiger charge is -2.04. The first kappa shape index (κ1) is 10.3. The van der Waals surface area contributed by atoms with E-state index in [1.807, 2.05) is 0 Å². The molecule has 0 aliphatic carbocycles. The molecule has 2 rings (SSSR count). The number of rotatable bonds is 1. The highest BCUT2D eigenvalue weighted by atomic mass is 19.2. The van der Waals surface area contributed by atoms with E-state index in [1.165, 1.54) is 12.1 Å². The Morgan fingerprint density at radius 2 is 1.56 bits per heavy atom. The Kier molecular flexibility index (Phi) is 2.65. The molecule has 0 unspecified atom stereocenters. The van der Waals surface area contributed by atoms with E-state index in [2.05, 4.69) is 0 Å². The van der Waals surface area contributed by atoms with Gasteiger partial charge in [0.2, 0.25) is 0 Å². The minimum atomic E-state index is -1.09. The Hall–Kier alpha value is -2.21. The highest BCUT2D eigenvalue weighted by Crippen LogP contribution is 2.25. The molecule has 0 N–H and O–H groups in total. The summed E-state index contributed by atoms with van der Waals surface area (Å²) in [5.74, 6) is -2.07. The van der Waals surface area contributed by atoms with Crippen molar-refractivity contribution in [1.29, 1.82) is 5.26 Å². The Balaban J connectivity index is 2.62. The fourth-order valence-electron chi connectivity index (χ4n) is 1.48. The molecule has 0 amide bonds. The minimum absolute atomic E-state index is 0.164. The van der Waals surface area contributed by atoms with Crippen molar-refractivity contribution in [3.05, 3.63) is 59.7 Å². The van der Waals surface area contributed by atoms with Crippen LogP contribution in [0.4, 0.5) is 8.78 Å². The van der Waals surface area contributed by atoms with Crippen molar-refractivity contribution >= 4 is 0 Å². The highest BCUT2D eigenvalue weighted by Gasteiger charge is 2.13. The second-order valence-electron chi connectivity index (χ2n) is 3.27. The highest BCUT2D eigenvalue weighted by molar-refractivity contribution is 5.65. The van der Waals surface area contributed by atoms with E-state index in [1.54, 1.807) is 36.4 Å². The molecule has 0 saturated heterocycles. The third-order valence-electron chi connectivity index (χ3n) is 2.29. The van der Waals surface area contributed by atoms with Crippen molar-refractivity contribution in [3.63, 3.8) is 0 Å². The zero-order chi connectivity index (χ0) is 11.5. The van der Waals surface area contributed by atoms with E-state index in [4.69, 9.17) is 5.26 Å². The molecule has 0 saturated carbocycles. The standard InChI is InChI=1S/C13H7F2N/c14-12-10(8-16)6-7-11(13(12)15)9-4-2-1-3-5-9/h1-7H. The maximum absolute atomic E-state index is 13.6. The fraction of sp³-hybridized carbons (Fsp3) is 0. The van der Waals surface area contributed by atoms with Crippen molar-refractivity contribution in [2.24, 2.45) is 0 Å². The van der Waals surface area contributed by atoms with Gasteiger partial charge in [-0.15, -0.1) is 0 Å². The van der Waals surface area contributed by atoms with Crippen LogP contribution in [0.15, 0.2) is 42.5 Å². The van der Waals surface area contributed by atoms with Crippen LogP contribution in [0, 0.1) is 23.0 Å². The third-order valence-corrected chi connectivity index (χ3v) is 2.29. The van der Waals surface area contributed by atoms with Gasteiger partial charge >= 0.3 is 0 Å². The number of nitriles is 1. The zero-order valence-corrected chi connectivity index (χ0v) is 8.24. The summed E-state index contributed by atoms with van der Waals surface area (Å²) < 4.78 is 27.0. The molecule has 1 nitrogen and oxygen atoms in total. The molecule has 2 aromatic carbocycles. The summed E-state index contributed by atoms with van der Waals surface area (Å²) in [4.78, 5) is 0. The SMILES string of the molecule is N#Cc1ccc(-c2ccccc2)c(F)c1F. The largest absolute Gasteiger partial charge is 0.203 e. The van der Waals surface area contributed by atoms with Crippen molar-refractivity contribution < 1.29 is 8.78 Å². The first-order valence-electron chi connectivity index (χ1n) is 4.67. The van der Waals surface area contributed by atoms with Gasteiger partial charge in [-0.25, -0.2) is 8.78 Å². The van der Waals surface area contributed by atoms with Crippen LogP contribution in [-0.4, -0.2) is 0 Å². The summed E-state index contributed by atoms with van der Waals surface area (Å²) in [7, 11) is 0. The number of benzene rings is 2. The Bertz CT molecular complexity index is 556. The average Bonchev–Trinajstić information content (AvgIpc) is 2.34. The molecule has 0 atom stereocenters. The molecule has 0 aliphatic heterocycles. The van der Waals surface area contributed by atoms with Crippen LogP contribution in [0.25, 0.3) is 11.1 Å². The summed E-state index contributed by atoms with van der Waals surface area (Å²) >= 11 is 0. The van der Waals surface area contributed by atoms with Gasteiger partial charge in [0.15, 0.2) is 11.6 Å². The summed E-state index contributed by atoms with van der Waals surface area (Å²) in [5.41, 5.74) is 0.470. The summed E-state index contributed by atoms with van der Waals surface area (Å²) in [6.45, 7) is 0. The van der Waals surface area contributed by atoms with E-state index < -0.39 is 11.6 Å². The van der Waals surface area contributed by atoms with Crippen LogP contribution < -0.4 is 0 Å². The molecular formula is C13H7F2N. The zero-order valence-electron chi connectivity index (χ0n) is 8.24. The smallest absolute Gasteiger partial charge is 0.177 e. The van der Waals surface area contributed by atoms with Gasteiger partial charge in [-0.05, 0) is 17.7 Å². The average molecular weight is 215 g/mol. The first-order valence-corrected chi connectivity index (χ1v) is 4.67. The van der Waals surface area contributed by atoms with Crippen LogP contribution >= 0.6 is 0 Å². The van der Waals surface area contributed by atoms with Gasteiger partial charge < -0.3 is 0 Å². The van der Waals surface area contributed by atoms with Crippen LogP contribution in [0.5, 0.6) is 0 Å². The molecule has 3 heteroatoms. The van der Waals surface area contributed by atoms with Crippen molar-refractivity contribution in [1.82, 2.24) is 0 Å². The Morgan fingerprint density at radius 3 is 2.19 bits per heavy atom. The predicted octanol–water partition coefficient (Wildman–Crippen LogP) is 3.50. The van der Waals surface area contributed by atoms with Crippen molar-refractivity contribution in [3.8, 4) is 17.2 Å². The van der Waals surface area contributed by atoms with Crippen LogP contribution in [-0.2, 0) is 0 Å². The van der Waals surface area contributed by atoms with Crippen LogP contribution in [0.2, 0.25) is 0 Å². The first-order chi connectivity index (χ1) is 7.74. The molecule has 0 aliphatic rings. The van der Waals surface area contributed by atoms with Crippen LogP contribution in [0.3, 0.4) is 0 Å². The van der Waals surface area contributed by atoms with Gasteiger partial charge in [0.05, 0.1) is 5.56 Å². The normalized spacial score (nSPS) is 9.81. The molecule has 78 valence electrons. The minimum Gasteiger partial charge on any atom is -0.203 e. The molecule has 2 aromatic rings. The molecule has 0 spiro atoms. The van der Waals surface area contributed by atoms with Gasteiger partial charge in [0.25, 0.3) is 0 Å². The number of hydrogen-bond acceptors (Lipinski definition) is 1. The van der Waals surface area contributed by atoms with E-state index in [9.17, 15) is 8.78 Å². The van der Waals surface area contributed by atoms with Gasteiger partial charge in [-0.2, -0.15) is 5.26 Å². The molecule has 0 radical (unpaired) electrons. The Labute approximate surface area is 91.6 Å². The monoisotopic (exact) mass is 215 g/mol. The van der Waals surface area contributed by atoms with Crippen molar-refractivity contribution in [2.75, 3.05) is 0 Å². The third kappa shape index (κ3) is 1.66. The second kappa shape index (κ2) is 4.11. The van der Waals surface area contributed by atoms with Crippen LogP contribution in [0.1, 0.15) is 5.56 Å². The maximum atomic E-state index is 13.6. The molecule has 0 fully saturated rings.